The van der Waals surface area contributed by atoms with Gasteiger partial charge < -0.3 is 20.6 Å². The van der Waals surface area contributed by atoms with Gasteiger partial charge in [0.2, 0.25) is 0 Å². The highest BCUT2D eigenvalue weighted by atomic mass is 16.7. The summed E-state index contributed by atoms with van der Waals surface area (Å²) < 4.78 is 0. The highest BCUT2D eigenvalue weighted by molar-refractivity contribution is 5.83. The van der Waals surface area contributed by atoms with Crippen molar-refractivity contribution < 1.29 is 24.3 Å². The number of aliphatic hydroxyl groups is 1. The van der Waals surface area contributed by atoms with E-state index >= 15 is 0 Å². The number of carbonyl (C=O) groups is 3. The van der Waals surface area contributed by atoms with Crippen molar-refractivity contribution in [1.82, 2.24) is 15.7 Å². The standard InChI is InChI=1S/C22H33N3O5/c1-5-6-12-17(24-21(29)30-25-14-22(3,4)13-18(25)26)19(27)20(28)23-15(2)16-10-8-7-9-11-16/h7-11,15,17,19,27H,5-6,12-14H2,1-4H3,(H,23,28)(H,24,29)/t15-,17+,19?/m1/s1. The number of hydroxylamine groups is 2. The molecule has 0 saturated carbocycles. The van der Waals surface area contributed by atoms with Crippen LogP contribution in [0.15, 0.2) is 30.3 Å². The number of hydrogen-bond donors (Lipinski definition) is 3. The first-order chi connectivity index (χ1) is 14.1. The number of nitrogens with one attached hydrogen (secondary N) is 2. The van der Waals surface area contributed by atoms with Gasteiger partial charge in [-0.3, -0.25) is 9.59 Å². The lowest BCUT2D eigenvalue weighted by atomic mass is 9.93. The molecule has 1 fully saturated rings. The smallest absolute Gasteiger partial charge is 0.381 e. The van der Waals surface area contributed by atoms with E-state index in [1.54, 1.807) is 0 Å². The molecule has 1 heterocycles. The summed E-state index contributed by atoms with van der Waals surface area (Å²) in [6.45, 7) is 7.93. The number of nitrogens with zero attached hydrogens (tertiary/aromatic N) is 1. The fourth-order valence-electron chi connectivity index (χ4n) is 3.43. The second-order valence-electron chi connectivity index (χ2n) is 8.63. The molecule has 3 amide bonds. The highest BCUT2D eigenvalue weighted by Gasteiger charge is 2.39. The summed E-state index contributed by atoms with van der Waals surface area (Å²) in [4.78, 5) is 42.0. The Bertz CT molecular complexity index is 738. The van der Waals surface area contributed by atoms with Crippen LogP contribution in [0.5, 0.6) is 0 Å². The fraction of sp³-hybridized carbons (Fsp3) is 0.591. The van der Waals surface area contributed by atoms with Crippen LogP contribution in [0.4, 0.5) is 4.79 Å². The number of carbonyl (C=O) groups excluding carboxylic acids is 3. The molecule has 1 aromatic rings. The average molecular weight is 420 g/mol. The van der Waals surface area contributed by atoms with Crippen LogP contribution in [-0.2, 0) is 14.4 Å². The van der Waals surface area contributed by atoms with Gasteiger partial charge in [0.05, 0.1) is 18.6 Å². The molecule has 1 saturated heterocycles. The summed E-state index contributed by atoms with van der Waals surface area (Å²) in [6.07, 6.45) is -0.0625. The molecule has 1 aliphatic heterocycles. The van der Waals surface area contributed by atoms with E-state index in [9.17, 15) is 19.5 Å². The van der Waals surface area contributed by atoms with Crippen molar-refractivity contribution in [3.63, 3.8) is 0 Å². The largest absolute Gasteiger partial charge is 0.432 e. The van der Waals surface area contributed by atoms with E-state index in [0.29, 0.717) is 25.8 Å². The van der Waals surface area contributed by atoms with Crippen molar-refractivity contribution >= 4 is 17.9 Å². The van der Waals surface area contributed by atoms with E-state index in [2.05, 4.69) is 10.6 Å². The maximum Gasteiger partial charge on any atom is 0.432 e. The van der Waals surface area contributed by atoms with Crippen LogP contribution in [0.3, 0.4) is 0 Å². The van der Waals surface area contributed by atoms with Gasteiger partial charge in [-0.25, -0.2) is 4.79 Å². The number of amides is 3. The van der Waals surface area contributed by atoms with Crippen molar-refractivity contribution in [2.45, 2.75) is 71.6 Å². The molecule has 1 aliphatic rings. The predicted octanol–water partition coefficient (Wildman–Crippen LogP) is 2.68. The van der Waals surface area contributed by atoms with Gasteiger partial charge in [0, 0.05) is 6.42 Å². The van der Waals surface area contributed by atoms with E-state index in [1.165, 1.54) is 0 Å². The van der Waals surface area contributed by atoms with Crippen molar-refractivity contribution in [3.8, 4) is 0 Å². The molecule has 2 rings (SSSR count). The fourth-order valence-corrected chi connectivity index (χ4v) is 3.43. The first-order valence-electron chi connectivity index (χ1n) is 10.4. The van der Waals surface area contributed by atoms with Crippen LogP contribution >= 0.6 is 0 Å². The second kappa shape index (κ2) is 10.4. The van der Waals surface area contributed by atoms with Crippen LogP contribution in [0.25, 0.3) is 0 Å². The topological polar surface area (TPSA) is 108 Å². The van der Waals surface area contributed by atoms with Crippen molar-refractivity contribution in [1.29, 1.82) is 0 Å². The molecule has 1 aromatic carbocycles. The zero-order valence-electron chi connectivity index (χ0n) is 18.2. The third kappa shape index (κ3) is 6.73. The minimum Gasteiger partial charge on any atom is -0.381 e. The molecule has 3 N–H and O–H groups in total. The molecule has 0 aliphatic carbocycles. The zero-order valence-corrected chi connectivity index (χ0v) is 18.2. The van der Waals surface area contributed by atoms with Gasteiger partial charge in [0.15, 0.2) is 6.10 Å². The maximum atomic E-state index is 12.6. The molecular formula is C22H33N3O5. The summed E-state index contributed by atoms with van der Waals surface area (Å²) in [6, 6.07) is 8.28. The Morgan fingerprint density at radius 1 is 1.23 bits per heavy atom. The first kappa shape index (κ1) is 23.7. The van der Waals surface area contributed by atoms with Crippen LogP contribution in [0.2, 0.25) is 0 Å². The van der Waals surface area contributed by atoms with Gasteiger partial charge in [-0.15, -0.1) is 0 Å². The van der Waals surface area contributed by atoms with E-state index in [0.717, 1.165) is 17.0 Å². The third-order valence-corrected chi connectivity index (χ3v) is 5.15. The first-order valence-corrected chi connectivity index (χ1v) is 10.4. The SMILES string of the molecule is CCCC[C@H](NC(=O)ON1CC(C)(C)CC1=O)C(O)C(=O)N[C@H](C)c1ccccc1. The Morgan fingerprint density at radius 3 is 2.47 bits per heavy atom. The molecule has 3 atom stereocenters. The maximum absolute atomic E-state index is 12.6. The van der Waals surface area contributed by atoms with Crippen molar-refractivity contribution in [2.24, 2.45) is 5.41 Å². The lowest BCUT2D eigenvalue weighted by Gasteiger charge is -2.26. The Hall–Kier alpha value is -2.61. The Balaban J connectivity index is 1.96. The van der Waals surface area contributed by atoms with Gasteiger partial charge in [-0.1, -0.05) is 63.9 Å². The van der Waals surface area contributed by atoms with E-state index in [4.69, 9.17) is 4.84 Å². The molecule has 0 spiro atoms. The summed E-state index contributed by atoms with van der Waals surface area (Å²) in [5.74, 6) is -0.846. The normalized spacial score (nSPS) is 18.4. The molecule has 8 nitrogen and oxygen atoms in total. The summed E-state index contributed by atoms with van der Waals surface area (Å²) in [5, 5.41) is 16.9. The van der Waals surface area contributed by atoms with Crippen LogP contribution < -0.4 is 10.6 Å². The number of aliphatic hydroxyl groups excluding tert-OH is 1. The van der Waals surface area contributed by atoms with Crippen molar-refractivity contribution in [2.75, 3.05) is 6.54 Å². The van der Waals surface area contributed by atoms with Crippen LogP contribution in [0.1, 0.15) is 65.0 Å². The van der Waals surface area contributed by atoms with Gasteiger partial charge in [-0.2, -0.15) is 5.06 Å². The lowest BCUT2D eigenvalue weighted by molar-refractivity contribution is -0.158. The average Bonchev–Trinajstić information content (AvgIpc) is 2.96. The van der Waals surface area contributed by atoms with Crippen molar-refractivity contribution in [3.05, 3.63) is 35.9 Å². The van der Waals surface area contributed by atoms with E-state index < -0.39 is 24.1 Å². The van der Waals surface area contributed by atoms with Gasteiger partial charge in [0.25, 0.3) is 11.8 Å². The molecule has 166 valence electrons. The van der Waals surface area contributed by atoms with Crippen LogP contribution in [0, 0.1) is 5.41 Å². The molecular weight excluding hydrogens is 386 g/mol. The molecule has 0 aromatic heterocycles. The summed E-state index contributed by atoms with van der Waals surface area (Å²) in [5.41, 5.74) is 0.636. The number of hydrogen-bond acceptors (Lipinski definition) is 5. The number of unbranched alkanes of at least 4 members (excludes halogenated alkanes) is 1. The Morgan fingerprint density at radius 2 is 1.90 bits per heavy atom. The van der Waals surface area contributed by atoms with Crippen LogP contribution in [-0.4, -0.2) is 46.8 Å². The quantitative estimate of drug-likeness (QED) is 0.570. The number of benzene rings is 1. The number of rotatable bonds is 9. The Labute approximate surface area is 177 Å². The van der Waals surface area contributed by atoms with Gasteiger partial charge in [0.1, 0.15) is 0 Å². The van der Waals surface area contributed by atoms with Gasteiger partial charge in [-0.05, 0) is 24.3 Å². The minimum absolute atomic E-state index is 0.268. The monoisotopic (exact) mass is 419 g/mol. The predicted molar refractivity (Wildman–Crippen MR) is 112 cm³/mol. The van der Waals surface area contributed by atoms with E-state index in [1.807, 2.05) is 58.0 Å². The molecule has 0 bridgehead atoms. The zero-order chi connectivity index (χ0) is 22.3. The minimum atomic E-state index is -1.44. The molecule has 8 heteroatoms. The Kier molecular flexibility index (Phi) is 8.23. The molecule has 0 radical (unpaired) electrons. The second-order valence-corrected chi connectivity index (χ2v) is 8.63. The lowest BCUT2D eigenvalue weighted by Crippen LogP contribution is -2.52. The van der Waals surface area contributed by atoms with Gasteiger partial charge >= 0.3 is 6.09 Å². The molecule has 1 unspecified atom stereocenters. The summed E-state index contributed by atoms with van der Waals surface area (Å²) in [7, 11) is 0. The third-order valence-electron chi connectivity index (χ3n) is 5.15. The molecule has 30 heavy (non-hydrogen) atoms. The summed E-state index contributed by atoms with van der Waals surface area (Å²) >= 11 is 0. The highest BCUT2D eigenvalue weighted by Crippen LogP contribution is 2.30. The van der Waals surface area contributed by atoms with E-state index in [-0.39, 0.29) is 17.4 Å².